The number of anilines is 1. The van der Waals surface area contributed by atoms with E-state index >= 15 is 0 Å². The molecule has 0 radical (unpaired) electrons. The number of aryl methyl sites for hydroxylation is 2. The van der Waals surface area contributed by atoms with Gasteiger partial charge in [0.05, 0.1) is 19.3 Å². The fraction of sp³-hybridized carbons (Fsp3) is 0.455. The standard InChI is InChI=1S/C22H26ClNO4S/c1-14-13-15(23)10-11-17(14)28-12-6-9-19(25)24-21-20(22(26)27-2)16-7-4-3-5-8-18(16)29-21/h10-11,13H,3-9,12H2,1-2H3,(H,24,25). The Hall–Kier alpha value is -2.05. The van der Waals surface area contributed by atoms with Crippen LogP contribution in [0.1, 0.15) is 58.5 Å². The molecule has 29 heavy (non-hydrogen) atoms. The van der Waals surface area contributed by atoms with Crippen LogP contribution in [0.25, 0.3) is 0 Å². The van der Waals surface area contributed by atoms with Crippen LogP contribution in [0, 0.1) is 6.92 Å². The van der Waals surface area contributed by atoms with E-state index in [0.29, 0.717) is 35.0 Å². The van der Waals surface area contributed by atoms with E-state index in [1.165, 1.54) is 23.3 Å². The molecule has 1 aliphatic rings. The summed E-state index contributed by atoms with van der Waals surface area (Å²) in [5.41, 5.74) is 2.55. The molecule has 1 amide bonds. The molecule has 7 heteroatoms. The first kappa shape index (κ1) is 21.7. The number of ether oxygens (including phenoxy) is 2. The topological polar surface area (TPSA) is 64.6 Å². The lowest BCUT2D eigenvalue weighted by molar-refractivity contribution is -0.116. The summed E-state index contributed by atoms with van der Waals surface area (Å²) in [5, 5.41) is 4.21. The van der Waals surface area contributed by atoms with Crippen LogP contribution in [0.5, 0.6) is 5.75 Å². The van der Waals surface area contributed by atoms with E-state index in [1.807, 2.05) is 19.1 Å². The zero-order valence-corrected chi connectivity index (χ0v) is 18.4. The highest BCUT2D eigenvalue weighted by atomic mass is 35.5. The number of halogens is 1. The summed E-state index contributed by atoms with van der Waals surface area (Å²) in [4.78, 5) is 26.0. The van der Waals surface area contributed by atoms with Gasteiger partial charge in [-0.15, -0.1) is 11.3 Å². The highest BCUT2D eigenvalue weighted by Crippen LogP contribution is 2.38. The number of carbonyl (C=O) groups excluding carboxylic acids is 2. The summed E-state index contributed by atoms with van der Waals surface area (Å²) >= 11 is 7.46. The highest BCUT2D eigenvalue weighted by molar-refractivity contribution is 7.17. The molecule has 0 atom stereocenters. The van der Waals surface area contributed by atoms with Crippen molar-refractivity contribution in [2.75, 3.05) is 19.0 Å². The van der Waals surface area contributed by atoms with Crippen molar-refractivity contribution in [2.24, 2.45) is 0 Å². The van der Waals surface area contributed by atoms with Crippen molar-refractivity contribution in [1.82, 2.24) is 0 Å². The number of thiophene rings is 1. The maximum absolute atomic E-state index is 12.4. The Bertz CT molecular complexity index is 893. The smallest absolute Gasteiger partial charge is 0.341 e. The Balaban J connectivity index is 1.58. The number of carbonyl (C=O) groups is 2. The second-order valence-electron chi connectivity index (χ2n) is 7.17. The Morgan fingerprint density at radius 1 is 1.21 bits per heavy atom. The second kappa shape index (κ2) is 10.1. The molecular weight excluding hydrogens is 410 g/mol. The zero-order valence-electron chi connectivity index (χ0n) is 16.8. The van der Waals surface area contributed by atoms with Crippen LogP contribution in [-0.4, -0.2) is 25.6 Å². The van der Waals surface area contributed by atoms with Gasteiger partial charge in [0.1, 0.15) is 10.8 Å². The molecule has 0 spiro atoms. The lowest BCUT2D eigenvalue weighted by atomic mass is 10.1. The number of esters is 1. The highest BCUT2D eigenvalue weighted by Gasteiger charge is 2.26. The summed E-state index contributed by atoms with van der Waals surface area (Å²) in [6.45, 7) is 2.36. The molecule has 1 aliphatic carbocycles. The monoisotopic (exact) mass is 435 g/mol. The van der Waals surface area contributed by atoms with Crippen molar-refractivity contribution in [3.05, 3.63) is 44.8 Å². The van der Waals surface area contributed by atoms with E-state index in [4.69, 9.17) is 21.1 Å². The Kier molecular flexibility index (Phi) is 7.56. The van der Waals surface area contributed by atoms with Crippen LogP contribution >= 0.6 is 22.9 Å². The third-order valence-corrected chi connectivity index (χ3v) is 6.45. The average Bonchev–Trinajstić information content (AvgIpc) is 2.86. The van der Waals surface area contributed by atoms with Crippen molar-refractivity contribution in [2.45, 2.75) is 51.9 Å². The molecule has 0 saturated carbocycles. The molecular formula is C22H26ClNO4S. The largest absolute Gasteiger partial charge is 0.493 e. The normalized spacial score (nSPS) is 13.3. The van der Waals surface area contributed by atoms with E-state index < -0.39 is 0 Å². The molecule has 156 valence electrons. The third-order valence-electron chi connectivity index (χ3n) is 5.01. The minimum Gasteiger partial charge on any atom is -0.493 e. The van der Waals surface area contributed by atoms with Crippen molar-refractivity contribution in [3.8, 4) is 5.75 Å². The number of hydrogen-bond donors (Lipinski definition) is 1. The number of fused-ring (bicyclic) bond motifs is 1. The minimum atomic E-state index is -0.374. The van der Waals surface area contributed by atoms with Crippen molar-refractivity contribution in [3.63, 3.8) is 0 Å². The Morgan fingerprint density at radius 3 is 2.76 bits per heavy atom. The van der Waals surface area contributed by atoms with Gasteiger partial charge in [-0.2, -0.15) is 0 Å². The molecule has 1 N–H and O–H groups in total. The van der Waals surface area contributed by atoms with Crippen LogP contribution in [-0.2, 0) is 22.4 Å². The maximum Gasteiger partial charge on any atom is 0.341 e. The zero-order chi connectivity index (χ0) is 20.8. The van der Waals surface area contributed by atoms with Gasteiger partial charge in [0.2, 0.25) is 5.91 Å². The second-order valence-corrected chi connectivity index (χ2v) is 8.71. The van der Waals surface area contributed by atoms with Crippen molar-refractivity contribution >= 4 is 39.8 Å². The summed E-state index contributed by atoms with van der Waals surface area (Å²) in [6, 6.07) is 5.46. The molecule has 5 nitrogen and oxygen atoms in total. The number of benzene rings is 1. The fourth-order valence-corrected chi connectivity index (χ4v) is 5.05. The van der Waals surface area contributed by atoms with E-state index in [9.17, 15) is 9.59 Å². The SMILES string of the molecule is COC(=O)c1c(NC(=O)CCCOc2ccc(Cl)cc2C)sc2c1CCCCC2. The maximum atomic E-state index is 12.4. The van der Waals surface area contributed by atoms with Gasteiger partial charge in [0, 0.05) is 16.3 Å². The molecule has 0 bridgehead atoms. The Morgan fingerprint density at radius 2 is 2.00 bits per heavy atom. The molecule has 1 aromatic carbocycles. The fourth-order valence-electron chi connectivity index (χ4n) is 3.53. The van der Waals surface area contributed by atoms with Crippen molar-refractivity contribution < 1.29 is 19.1 Å². The van der Waals surface area contributed by atoms with E-state index in [0.717, 1.165) is 49.0 Å². The van der Waals surface area contributed by atoms with Gasteiger partial charge in [-0.25, -0.2) is 4.79 Å². The van der Waals surface area contributed by atoms with Crippen molar-refractivity contribution in [1.29, 1.82) is 0 Å². The van der Waals surface area contributed by atoms with Crippen LogP contribution in [0.4, 0.5) is 5.00 Å². The van der Waals surface area contributed by atoms with Gasteiger partial charge in [-0.1, -0.05) is 18.0 Å². The predicted octanol–water partition coefficient (Wildman–Crippen LogP) is 5.56. The first-order valence-electron chi connectivity index (χ1n) is 9.91. The van der Waals surface area contributed by atoms with Gasteiger partial charge < -0.3 is 14.8 Å². The van der Waals surface area contributed by atoms with Gasteiger partial charge in [-0.3, -0.25) is 4.79 Å². The van der Waals surface area contributed by atoms with E-state index in [2.05, 4.69) is 5.32 Å². The molecule has 0 aliphatic heterocycles. The molecule has 0 unspecified atom stereocenters. The first-order chi connectivity index (χ1) is 14.0. The summed E-state index contributed by atoms with van der Waals surface area (Å²) in [5.74, 6) is 0.272. The number of rotatable bonds is 7. The summed E-state index contributed by atoms with van der Waals surface area (Å²) in [6.07, 6.45) is 6.04. The number of methoxy groups -OCH3 is 1. The van der Waals surface area contributed by atoms with Gasteiger partial charge >= 0.3 is 5.97 Å². The van der Waals surface area contributed by atoms with Crippen LogP contribution in [0.15, 0.2) is 18.2 Å². The first-order valence-corrected chi connectivity index (χ1v) is 11.1. The number of hydrogen-bond acceptors (Lipinski definition) is 5. The summed E-state index contributed by atoms with van der Waals surface area (Å²) < 4.78 is 10.7. The van der Waals surface area contributed by atoms with E-state index in [-0.39, 0.29) is 11.9 Å². The Labute approximate surface area is 180 Å². The van der Waals surface area contributed by atoms with Crippen LogP contribution in [0.2, 0.25) is 5.02 Å². The number of amides is 1. The summed E-state index contributed by atoms with van der Waals surface area (Å²) in [7, 11) is 1.38. The average molecular weight is 436 g/mol. The van der Waals surface area contributed by atoms with Crippen LogP contribution < -0.4 is 10.1 Å². The number of nitrogens with one attached hydrogen (secondary N) is 1. The molecule has 0 saturated heterocycles. The van der Waals surface area contributed by atoms with E-state index in [1.54, 1.807) is 6.07 Å². The molecule has 2 aromatic rings. The molecule has 0 fully saturated rings. The lowest BCUT2D eigenvalue weighted by Crippen LogP contribution is -2.15. The molecule has 1 aromatic heterocycles. The molecule has 1 heterocycles. The third kappa shape index (κ3) is 5.52. The van der Waals surface area contributed by atoms with Crippen LogP contribution in [0.3, 0.4) is 0 Å². The quantitative estimate of drug-likeness (QED) is 0.351. The molecule has 3 rings (SSSR count). The lowest BCUT2D eigenvalue weighted by Gasteiger charge is -2.10. The minimum absolute atomic E-state index is 0.122. The van der Waals surface area contributed by atoms with Gasteiger partial charge in [0.25, 0.3) is 0 Å². The van der Waals surface area contributed by atoms with Gasteiger partial charge in [0.15, 0.2) is 0 Å². The van der Waals surface area contributed by atoms with Gasteiger partial charge in [-0.05, 0) is 68.4 Å². The predicted molar refractivity (Wildman–Crippen MR) is 116 cm³/mol.